The van der Waals surface area contributed by atoms with E-state index in [9.17, 15) is 9.59 Å². The van der Waals surface area contributed by atoms with Gasteiger partial charge in [-0.15, -0.1) is 0 Å². The largest absolute Gasteiger partial charge is 0.493 e. The van der Waals surface area contributed by atoms with Crippen LogP contribution in [0.2, 0.25) is 0 Å². The number of hydrogen-bond donors (Lipinski definition) is 1. The molecule has 31 heavy (non-hydrogen) atoms. The smallest absolute Gasteiger partial charge is 0.227 e. The number of rotatable bonds is 9. The second-order valence-electron chi connectivity index (χ2n) is 7.24. The van der Waals surface area contributed by atoms with Gasteiger partial charge < -0.3 is 29.2 Å². The van der Waals surface area contributed by atoms with Gasteiger partial charge in [0.25, 0.3) is 0 Å². The van der Waals surface area contributed by atoms with Crippen molar-refractivity contribution < 1.29 is 28.5 Å². The number of nitrogens with zero attached hydrogens (tertiary/aromatic N) is 1. The molecule has 0 aromatic heterocycles. The van der Waals surface area contributed by atoms with Crippen LogP contribution < -0.4 is 29.2 Å². The molecule has 0 aliphatic carbocycles. The van der Waals surface area contributed by atoms with E-state index in [1.165, 1.54) is 21.3 Å². The Hall–Kier alpha value is -3.42. The summed E-state index contributed by atoms with van der Waals surface area (Å²) in [6.45, 7) is 2.99. The van der Waals surface area contributed by atoms with E-state index in [0.29, 0.717) is 36.1 Å². The standard InChI is InChI=1S/C23H28N2O6/c1-15-6-5-7-18(10-15)31-9-8-24-23(27)16-11-21(26)25(14-16)17-12-19(28-2)22(30-4)20(13-17)29-3/h5-7,10,12-13,16H,8-9,11,14H2,1-4H3,(H,24,27). The summed E-state index contributed by atoms with van der Waals surface area (Å²) in [6.07, 6.45) is 0.140. The Morgan fingerprint density at radius 2 is 1.81 bits per heavy atom. The number of nitrogens with one attached hydrogen (secondary N) is 1. The Morgan fingerprint density at radius 1 is 1.10 bits per heavy atom. The minimum Gasteiger partial charge on any atom is -0.493 e. The average Bonchev–Trinajstić information content (AvgIpc) is 3.17. The zero-order valence-corrected chi connectivity index (χ0v) is 18.3. The van der Waals surface area contributed by atoms with E-state index in [4.69, 9.17) is 18.9 Å². The molecule has 0 radical (unpaired) electrons. The third-order valence-electron chi connectivity index (χ3n) is 5.12. The van der Waals surface area contributed by atoms with Crippen molar-refractivity contribution in [2.24, 2.45) is 5.92 Å². The lowest BCUT2D eigenvalue weighted by atomic mass is 10.1. The predicted octanol–water partition coefficient (Wildman–Crippen LogP) is 2.57. The SMILES string of the molecule is COc1cc(N2CC(C(=O)NCCOc3cccc(C)c3)CC2=O)cc(OC)c1OC. The fourth-order valence-electron chi connectivity index (χ4n) is 3.55. The van der Waals surface area contributed by atoms with Gasteiger partial charge in [0.1, 0.15) is 12.4 Å². The van der Waals surface area contributed by atoms with Crippen LogP contribution in [0.4, 0.5) is 5.69 Å². The highest BCUT2D eigenvalue weighted by molar-refractivity contribution is 6.00. The van der Waals surface area contributed by atoms with E-state index in [2.05, 4.69) is 5.32 Å². The summed E-state index contributed by atoms with van der Waals surface area (Å²) in [5.41, 5.74) is 1.70. The number of carbonyl (C=O) groups is 2. The van der Waals surface area contributed by atoms with Crippen molar-refractivity contribution in [3.63, 3.8) is 0 Å². The zero-order valence-electron chi connectivity index (χ0n) is 18.3. The summed E-state index contributed by atoms with van der Waals surface area (Å²) >= 11 is 0. The molecule has 1 saturated heterocycles. The van der Waals surface area contributed by atoms with Crippen LogP contribution in [-0.4, -0.2) is 52.8 Å². The molecule has 1 atom stereocenters. The fourth-order valence-corrected chi connectivity index (χ4v) is 3.55. The van der Waals surface area contributed by atoms with Crippen LogP contribution in [0.5, 0.6) is 23.0 Å². The highest BCUT2D eigenvalue weighted by Crippen LogP contribution is 2.42. The van der Waals surface area contributed by atoms with Crippen LogP contribution >= 0.6 is 0 Å². The number of hydrogen-bond acceptors (Lipinski definition) is 6. The van der Waals surface area contributed by atoms with Crippen molar-refractivity contribution >= 4 is 17.5 Å². The van der Waals surface area contributed by atoms with Gasteiger partial charge in [-0.25, -0.2) is 0 Å². The van der Waals surface area contributed by atoms with E-state index in [1.807, 2.05) is 31.2 Å². The monoisotopic (exact) mass is 428 g/mol. The molecule has 1 N–H and O–H groups in total. The van der Waals surface area contributed by atoms with Gasteiger partial charge in [-0.05, 0) is 24.6 Å². The Bertz CT molecular complexity index is 920. The van der Waals surface area contributed by atoms with E-state index in [1.54, 1.807) is 17.0 Å². The first-order valence-electron chi connectivity index (χ1n) is 10.0. The van der Waals surface area contributed by atoms with E-state index in [0.717, 1.165) is 11.3 Å². The van der Waals surface area contributed by atoms with Gasteiger partial charge in [-0.3, -0.25) is 9.59 Å². The summed E-state index contributed by atoms with van der Waals surface area (Å²) < 4.78 is 21.7. The Morgan fingerprint density at radius 3 is 2.42 bits per heavy atom. The molecule has 2 amide bonds. The number of carbonyl (C=O) groups excluding carboxylic acids is 2. The molecule has 1 unspecified atom stereocenters. The van der Waals surface area contributed by atoms with Crippen molar-refractivity contribution in [2.75, 3.05) is 45.9 Å². The molecule has 1 aliphatic rings. The van der Waals surface area contributed by atoms with Crippen LogP contribution in [0.1, 0.15) is 12.0 Å². The number of aryl methyl sites for hydroxylation is 1. The molecular formula is C23H28N2O6. The molecule has 0 saturated carbocycles. The average molecular weight is 428 g/mol. The maximum atomic E-state index is 12.6. The molecule has 2 aromatic rings. The molecule has 0 spiro atoms. The first-order valence-corrected chi connectivity index (χ1v) is 10.0. The van der Waals surface area contributed by atoms with Gasteiger partial charge in [0.15, 0.2) is 11.5 Å². The summed E-state index contributed by atoms with van der Waals surface area (Å²) in [7, 11) is 4.55. The van der Waals surface area contributed by atoms with Crippen molar-refractivity contribution in [1.29, 1.82) is 0 Å². The van der Waals surface area contributed by atoms with Crippen molar-refractivity contribution in [3.05, 3.63) is 42.0 Å². The first kappa shape index (κ1) is 22.3. The summed E-state index contributed by atoms with van der Waals surface area (Å²) in [5, 5.41) is 2.85. The van der Waals surface area contributed by atoms with Crippen molar-refractivity contribution in [2.45, 2.75) is 13.3 Å². The van der Waals surface area contributed by atoms with Crippen LogP contribution in [0.25, 0.3) is 0 Å². The van der Waals surface area contributed by atoms with Crippen LogP contribution in [-0.2, 0) is 9.59 Å². The minimum atomic E-state index is -0.439. The Labute approximate surface area is 182 Å². The van der Waals surface area contributed by atoms with Crippen LogP contribution in [0.15, 0.2) is 36.4 Å². The topological polar surface area (TPSA) is 86.3 Å². The second-order valence-corrected chi connectivity index (χ2v) is 7.24. The number of amides is 2. The van der Waals surface area contributed by atoms with E-state index >= 15 is 0 Å². The number of methoxy groups -OCH3 is 3. The van der Waals surface area contributed by atoms with Crippen LogP contribution in [0.3, 0.4) is 0 Å². The van der Waals surface area contributed by atoms with Crippen molar-refractivity contribution in [1.82, 2.24) is 5.32 Å². The van der Waals surface area contributed by atoms with Gasteiger partial charge in [0.2, 0.25) is 17.6 Å². The third kappa shape index (κ3) is 5.20. The molecule has 166 valence electrons. The second kappa shape index (κ2) is 10.1. The Balaban J connectivity index is 1.59. The first-order chi connectivity index (χ1) is 15.0. The van der Waals surface area contributed by atoms with Crippen LogP contribution in [0, 0.1) is 12.8 Å². The molecule has 8 nitrogen and oxygen atoms in total. The highest BCUT2D eigenvalue weighted by Gasteiger charge is 2.35. The maximum Gasteiger partial charge on any atom is 0.227 e. The molecule has 1 aliphatic heterocycles. The summed E-state index contributed by atoms with van der Waals surface area (Å²) in [6, 6.07) is 11.1. The molecule has 8 heteroatoms. The highest BCUT2D eigenvalue weighted by atomic mass is 16.5. The molecule has 0 bridgehead atoms. The van der Waals surface area contributed by atoms with Gasteiger partial charge in [0, 0.05) is 25.1 Å². The quantitative estimate of drug-likeness (QED) is 0.618. The lowest BCUT2D eigenvalue weighted by Crippen LogP contribution is -2.35. The molecule has 3 rings (SSSR count). The minimum absolute atomic E-state index is 0.134. The summed E-state index contributed by atoms with van der Waals surface area (Å²) in [5.74, 6) is 1.37. The van der Waals surface area contributed by atoms with Crippen molar-refractivity contribution in [3.8, 4) is 23.0 Å². The third-order valence-corrected chi connectivity index (χ3v) is 5.12. The van der Waals surface area contributed by atoms with E-state index in [-0.39, 0.29) is 24.8 Å². The molecular weight excluding hydrogens is 400 g/mol. The lowest BCUT2D eigenvalue weighted by Gasteiger charge is -2.20. The van der Waals surface area contributed by atoms with Gasteiger partial charge >= 0.3 is 0 Å². The zero-order chi connectivity index (χ0) is 22.4. The van der Waals surface area contributed by atoms with Gasteiger partial charge in [-0.1, -0.05) is 12.1 Å². The molecule has 1 heterocycles. The lowest BCUT2D eigenvalue weighted by molar-refractivity contribution is -0.126. The normalized spacial score (nSPS) is 15.5. The van der Waals surface area contributed by atoms with Gasteiger partial charge in [-0.2, -0.15) is 0 Å². The van der Waals surface area contributed by atoms with E-state index < -0.39 is 5.92 Å². The molecule has 2 aromatic carbocycles. The number of benzene rings is 2. The predicted molar refractivity (Wildman–Crippen MR) is 116 cm³/mol. The van der Waals surface area contributed by atoms with Gasteiger partial charge in [0.05, 0.1) is 39.5 Å². The molecule has 1 fully saturated rings. The fraction of sp³-hybridized carbons (Fsp3) is 0.391. The number of anilines is 1. The maximum absolute atomic E-state index is 12.6. The number of ether oxygens (including phenoxy) is 4. The summed E-state index contributed by atoms with van der Waals surface area (Å²) in [4.78, 5) is 26.7. The Kier molecular flexibility index (Phi) is 7.23.